The van der Waals surface area contributed by atoms with Gasteiger partial charge in [-0.15, -0.1) is 0 Å². The average Bonchev–Trinajstić information content (AvgIpc) is 3.04. The Bertz CT molecular complexity index is 406. The van der Waals surface area contributed by atoms with Gasteiger partial charge in [0.25, 0.3) is 0 Å². The van der Waals surface area contributed by atoms with Gasteiger partial charge in [-0.1, -0.05) is 13.8 Å². The van der Waals surface area contributed by atoms with Crippen LogP contribution in [-0.4, -0.2) is 66.8 Å². The van der Waals surface area contributed by atoms with Crippen molar-refractivity contribution >= 4 is 6.09 Å². The van der Waals surface area contributed by atoms with Crippen LogP contribution in [0.25, 0.3) is 0 Å². The monoisotopic (exact) mass is 353 g/mol. The minimum absolute atomic E-state index is 0.159. The zero-order valence-electron chi connectivity index (χ0n) is 17.0. The van der Waals surface area contributed by atoms with Gasteiger partial charge in [-0.25, -0.2) is 4.79 Å². The Morgan fingerprint density at radius 1 is 1.12 bits per heavy atom. The Morgan fingerprint density at radius 2 is 1.72 bits per heavy atom. The number of amides is 1. The third-order valence-corrected chi connectivity index (χ3v) is 5.43. The van der Waals surface area contributed by atoms with Crippen molar-refractivity contribution in [2.75, 3.05) is 39.3 Å². The summed E-state index contributed by atoms with van der Waals surface area (Å²) in [6.45, 7) is 16.8. The van der Waals surface area contributed by atoms with Gasteiger partial charge in [-0.05, 0) is 77.9 Å². The lowest BCUT2D eigenvalue weighted by Gasteiger charge is -2.35. The maximum Gasteiger partial charge on any atom is 0.410 e. The lowest BCUT2D eigenvalue weighted by molar-refractivity contribution is 0.0183. The molecule has 0 bridgehead atoms. The lowest BCUT2D eigenvalue weighted by Crippen LogP contribution is -2.46. The smallest absolute Gasteiger partial charge is 0.410 e. The van der Waals surface area contributed by atoms with E-state index in [4.69, 9.17) is 4.74 Å². The molecule has 2 fully saturated rings. The first kappa shape index (κ1) is 20.5. The van der Waals surface area contributed by atoms with E-state index in [1.807, 2.05) is 25.7 Å². The normalized spacial score (nSPS) is 21.8. The first-order chi connectivity index (χ1) is 11.8. The van der Waals surface area contributed by atoms with Gasteiger partial charge in [-0.2, -0.15) is 0 Å². The van der Waals surface area contributed by atoms with Gasteiger partial charge >= 0.3 is 6.09 Å². The molecule has 0 aromatic heterocycles. The van der Waals surface area contributed by atoms with Crippen LogP contribution >= 0.6 is 0 Å². The highest BCUT2D eigenvalue weighted by Crippen LogP contribution is 2.20. The molecule has 0 aromatic rings. The van der Waals surface area contributed by atoms with Gasteiger partial charge in [0.2, 0.25) is 0 Å². The molecule has 0 saturated carbocycles. The Balaban J connectivity index is 1.67. The molecular formula is C20H39N3O2. The molecule has 1 amide bonds. The van der Waals surface area contributed by atoms with Crippen molar-refractivity contribution in [3.05, 3.63) is 0 Å². The van der Waals surface area contributed by atoms with Crippen LogP contribution < -0.4 is 5.32 Å². The summed E-state index contributed by atoms with van der Waals surface area (Å²) in [6, 6.07) is 0.657. The number of nitrogens with one attached hydrogen (secondary N) is 1. The summed E-state index contributed by atoms with van der Waals surface area (Å²) in [5.41, 5.74) is -0.406. The van der Waals surface area contributed by atoms with Gasteiger partial charge in [0.05, 0.1) is 0 Å². The fourth-order valence-electron chi connectivity index (χ4n) is 3.94. The van der Waals surface area contributed by atoms with Crippen LogP contribution in [-0.2, 0) is 4.74 Å². The van der Waals surface area contributed by atoms with Crippen molar-refractivity contribution in [2.45, 2.75) is 71.9 Å². The molecule has 25 heavy (non-hydrogen) atoms. The molecule has 2 heterocycles. The minimum Gasteiger partial charge on any atom is -0.444 e. The van der Waals surface area contributed by atoms with Crippen molar-refractivity contribution in [3.8, 4) is 0 Å². The second kappa shape index (κ2) is 9.22. The van der Waals surface area contributed by atoms with E-state index in [1.165, 1.54) is 25.9 Å². The molecule has 5 nitrogen and oxygen atoms in total. The zero-order valence-corrected chi connectivity index (χ0v) is 17.0. The lowest BCUT2D eigenvalue weighted by atomic mass is 9.96. The van der Waals surface area contributed by atoms with Crippen molar-refractivity contribution < 1.29 is 9.53 Å². The molecule has 0 spiro atoms. The SMILES string of the molecule is CC(C)C(CNCC1CCN(C(=O)OC(C)(C)C)CC1)N1CCCC1. The van der Waals surface area contributed by atoms with Gasteiger partial charge < -0.3 is 15.0 Å². The van der Waals surface area contributed by atoms with E-state index in [0.717, 1.165) is 39.0 Å². The van der Waals surface area contributed by atoms with Gasteiger partial charge in [0, 0.05) is 25.7 Å². The Morgan fingerprint density at radius 3 is 2.24 bits per heavy atom. The van der Waals surface area contributed by atoms with Crippen LogP contribution in [0.4, 0.5) is 4.79 Å². The predicted molar refractivity (Wildman–Crippen MR) is 103 cm³/mol. The number of hydrogen-bond donors (Lipinski definition) is 1. The summed E-state index contributed by atoms with van der Waals surface area (Å²) in [5, 5.41) is 3.72. The summed E-state index contributed by atoms with van der Waals surface area (Å²) >= 11 is 0. The van der Waals surface area contributed by atoms with Gasteiger partial charge in [-0.3, -0.25) is 4.90 Å². The molecule has 2 aliphatic rings. The second-order valence-corrected chi connectivity index (χ2v) is 9.12. The molecule has 2 saturated heterocycles. The molecule has 0 aliphatic carbocycles. The van der Waals surface area contributed by atoms with Crippen molar-refractivity contribution in [2.24, 2.45) is 11.8 Å². The number of carbonyl (C=O) groups is 1. The molecule has 5 heteroatoms. The Labute approximate surface area is 154 Å². The van der Waals surface area contributed by atoms with E-state index >= 15 is 0 Å². The van der Waals surface area contributed by atoms with E-state index in [9.17, 15) is 4.79 Å². The summed E-state index contributed by atoms with van der Waals surface area (Å²) in [6.07, 6.45) is 4.69. The van der Waals surface area contributed by atoms with E-state index in [0.29, 0.717) is 17.9 Å². The predicted octanol–water partition coefficient (Wildman–Crippen LogP) is 3.34. The number of rotatable bonds is 6. The minimum atomic E-state index is -0.406. The van der Waals surface area contributed by atoms with Crippen molar-refractivity contribution in [3.63, 3.8) is 0 Å². The number of hydrogen-bond acceptors (Lipinski definition) is 4. The molecule has 1 atom stereocenters. The number of likely N-dealkylation sites (tertiary alicyclic amines) is 2. The Kier molecular flexibility index (Phi) is 7.56. The maximum absolute atomic E-state index is 12.1. The fourth-order valence-corrected chi connectivity index (χ4v) is 3.94. The number of ether oxygens (including phenoxy) is 1. The number of carbonyl (C=O) groups excluding carboxylic acids is 1. The highest BCUT2D eigenvalue weighted by atomic mass is 16.6. The van der Waals surface area contributed by atoms with E-state index in [-0.39, 0.29) is 6.09 Å². The average molecular weight is 354 g/mol. The highest BCUT2D eigenvalue weighted by molar-refractivity contribution is 5.68. The standard InChI is InChI=1S/C20H39N3O2/c1-16(2)18(22-10-6-7-11-22)15-21-14-17-8-12-23(13-9-17)19(24)25-20(3,4)5/h16-18,21H,6-15H2,1-5H3. The third-order valence-electron chi connectivity index (χ3n) is 5.43. The number of nitrogens with zero attached hydrogens (tertiary/aromatic N) is 2. The molecule has 2 aliphatic heterocycles. The molecular weight excluding hydrogens is 314 g/mol. The quantitative estimate of drug-likeness (QED) is 0.795. The molecule has 1 unspecified atom stereocenters. The largest absolute Gasteiger partial charge is 0.444 e. The first-order valence-corrected chi connectivity index (χ1v) is 10.2. The summed E-state index contributed by atoms with van der Waals surface area (Å²) in [7, 11) is 0. The van der Waals surface area contributed by atoms with Crippen LogP contribution in [0, 0.1) is 11.8 Å². The van der Waals surface area contributed by atoms with Crippen LogP contribution in [0.15, 0.2) is 0 Å². The van der Waals surface area contributed by atoms with E-state index in [1.54, 1.807) is 0 Å². The molecule has 0 aromatic carbocycles. The summed E-state index contributed by atoms with van der Waals surface area (Å²) < 4.78 is 5.47. The third kappa shape index (κ3) is 6.78. The first-order valence-electron chi connectivity index (χ1n) is 10.2. The zero-order chi connectivity index (χ0) is 18.4. The van der Waals surface area contributed by atoms with Gasteiger partial charge in [0.15, 0.2) is 0 Å². The van der Waals surface area contributed by atoms with Crippen LogP contribution in [0.5, 0.6) is 0 Å². The van der Waals surface area contributed by atoms with Crippen LogP contribution in [0.2, 0.25) is 0 Å². The fraction of sp³-hybridized carbons (Fsp3) is 0.950. The maximum atomic E-state index is 12.1. The van der Waals surface area contributed by atoms with E-state index < -0.39 is 5.60 Å². The Hall–Kier alpha value is -0.810. The van der Waals surface area contributed by atoms with Gasteiger partial charge in [0.1, 0.15) is 5.60 Å². The molecule has 0 radical (unpaired) electrons. The summed E-state index contributed by atoms with van der Waals surface area (Å²) in [4.78, 5) is 16.6. The number of piperidine rings is 1. The van der Waals surface area contributed by atoms with E-state index in [2.05, 4.69) is 24.1 Å². The molecule has 1 N–H and O–H groups in total. The highest BCUT2D eigenvalue weighted by Gasteiger charge is 2.28. The molecule has 146 valence electrons. The van der Waals surface area contributed by atoms with Crippen molar-refractivity contribution in [1.29, 1.82) is 0 Å². The van der Waals surface area contributed by atoms with Crippen LogP contribution in [0.3, 0.4) is 0 Å². The second-order valence-electron chi connectivity index (χ2n) is 9.12. The summed E-state index contributed by atoms with van der Waals surface area (Å²) in [5.74, 6) is 1.37. The molecule has 2 rings (SSSR count). The van der Waals surface area contributed by atoms with Crippen molar-refractivity contribution in [1.82, 2.24) is 15.1 Å². The van der Waals surface area contributed by atoms with Crippen LogP contribution in [0.1, 0.15) is 60.3 Å². The topological polar surface area (TPSA) is 44.8 Å².